The number of rotatable bonds is 7. The summed E-state index contributed by atoms with van der Waals surface area (Å²) in [4.78, 5) is 38.6. The van der Waals surface area contributed by atoms with Crippen LogP contribution in [0.1, 0.15) is 60.2 Å². The molecule has 164 valence electrons. The second kappa shape index (κ2) is 10.1. The Hall–Kier alpha value is -3.42. The number of nitrogens with zero attached hydrogens (tertiary/aromatic N) is 2. The van der Waals surface area contributed by atoms with Crippen molar-refractivity contribution < 1.29 is 14.5 Å². The first-order valence-electron chi connectivity index (χ1n) is 10.6. The maximum Gasteiger partial charge on any atom is 0.293 e. The molecule has 0 aromatic heterocycles. The summed E-state index contributed by atoms with van der Waals surface area (Å²) in [5.74, 6) is -0.784. The molecule has 8 nitrogen and oxygen atoms in total. The average Bonchev–Trinajstić information content (AvgIpc) is 2.79. The summed E-state index contributed by atoms with van der Waals surface area (Å²) in [5, 5.41) is 17.3. The van der Waals surface area contributed by atoms with Crippen LogP contribution in [0.2, 0.25) is 0 Å². The van der Waals surface area contributed by atoms with Gasteiger partial charge < -0.3 is 15.5 Å². The Bertz CT molecular complexity index is 970. The van der Waals surface area contributed by atoms with Crippen LogP contribution in [0.4, 0.5) is 17.1 Å². The molecule has 1 heterocycles. The number of anilines is 2. The van der Waals surface area contributed by atoms with E-state index in [0.29, 0.717) is 16.9 Å². The molecule has 1 fully saturated rings. The van der Waals surface area contributed by atoms with Gasteiger partial charge in [-0.1, -0.05) is 19.1 Å². The predicted molar refractivity (Wildman–Crippen MR) is 121 cm³/mol. The Labute approximate surface area is 181 Å². The zero-order valence-electron chi connectivity index (χ0n) is 17.9. The Morgan fingerprint density at radius 3 is 2.48 bits per heavy atom. The van der Waals surface area contributed by atoms with Crippen LogP contribution in [0, 0.1) is 10.1 Å². The smallest absolute Gasteiger partial charge is 0.293 e. The van der Waals surface area contributed by atoms with E-state index >= 15 is 0 Å². The minimum absolute atomic E-state index is 0.00115. The number of nitro groups is 1. The van der Waals surface area contributed by atoms with Crippen molar-refractivity contribution in [2.75, 3.05) is 23.3 Å². The molecule has 2 amide bonds. The predicted octanol–water partition coefficient (Wildman–Crippen LogP) is 4.37. The van der Waals surface area contributed by atoms with E-state index < -0.39 is 10.8 Å². The molecule has 0 saturated carbocycles. The van der Waals surface area contributed by atoms with Gasteiger partial charge in [0.25, 0.3) is 17.5 Å². The number of carbonyl (C=O) groups excluding carboxylic acids is 2. The first kappa shape index (κ1) is 22.3. The van der Waals surface area contributed by atoms with E-state index in [1.807, 2.05) is 18.7 Å². The first-order chi connectivity index (χ1) is 14.9. The van der Waals surface area contributed by atoms with Crippen molar-refractivity contribution in [2.24, 2.45) is 0 Å². The number of nitrogens with one attached hydrogen (secondary N) is 2. The van der Waals surface area contributed by atoms with Gasteiger partial charge in [-0.3, -0.25) is 19.7 Å². The van der Waals surface area contributed by atoms with Gasteiger partial charge in [0.1, 0.15) is 5.69 Å². The Morgan fingerprint density at radius 1 is 1.10 bits per heavy atom. The van der Waals surface area contributed by atoms with Gasteiger partial charge in [0.15, 0.2) is 0 Å². The molecule has 0 bridgehead atoms. The highest BCUT2D eigenvalue weighted by atomic mass is 16.6. The number of hydrogen-bond donors (Lipinski definition) is 2. The topological polar surface area (TPSA) is 105 Å². The highest BCUT2D eigenvalue weighted by Crippen LogP contribution is 2.31. The number of para-hydroxylation sites is 1. The maximum absolute atomic E-state index is 12.9. The normalized spacial score (nSPS) is 14.6. The number of amides is 2. The highest BCUT2D eigenvalue weighted by Gasteiger charge is 2.23. The third kappa shape index (κ3) is 5.39. The third-order valence-corrected chi connectivity index (χ3v) is 5.54. The average molecular weight is 425 g/mol. The van der Waals surface area contributed by atoms with Crippen molar-refractivity contribution in [3.63, 3.8) is 0 Å². The summed E-state index contributed by atoms with van der Waals surface area (Å²) in [6.45, 7) is 5.41. The van der Waals surface area contributed by atoms with Crippen LogP contribution >= 0.6 is 0 Å². The van der Waals surface area contributed by atoms with E-state index in [9.17, 15) is 19.7 Å². The maximum atomic E-state index is 12.9. The van der Waals surface area contributed by atoms with Crippen LogP contribution in [-0.4, -0.2) is 35.9 Å². The molecule has 1 aliphatic heterocycles. The van der Waals surface area contributed by atoms with E-state index in [-0.39, 0.29) is 23.2 Å². The van der Waals surface area contributed by atoms with Gasteiger partial charge in [-0.15, -0.1) is 0 Å². The summed E-state index contributed by atoms with van der Waals surface area (Å²) in [6, 6.07) is 11.3. The molecule has 0 radical (unpaired) electrons. The van der Waals surface area contributed by atoms with Crippen LogP contribution in [0.5, 0.6) is 0 Å². The minimum atomic E-state index is -0.503. The SMILES string of the molecule is CCC(C)NC(=O)c1ccccc1NC(=O)c1ccc(N2CCCCC2)c([N+](=O)[O-])c1. The fourth-order valence-corrected chi connectivity index (χ4v) is 3.60. The van der Waals surface area contributed by atoms with Crippen LogP contribution < -0.4 is 15.5 Å². The fourth-order valence-electron chi connectivity index (χ4n) is 3.60. The quantitative estimate of drug-likeness (QED) is 0.507. The van der Waals surface area contributed by atoms with Gasteiger partial charge in [0, 0.05) is 30.8 Å². The van der Waals surface area contributed by atoms with Crippen molar-refractivity contribution in [3.05, 3.63) is 63.7 Å². The molecule has 2 aromatic carbocycles. The summed E-state index contributed by atoms with van der Waals surface area (Å²) in [6.07, 6.45) is 3.89. The molecule has 8 heteroatoms. The van der Waals surface area contributed by atoms with Gasteiger partial charge >= 0.3 is 0 Å². The number of nitro benzene ring substituents is 1. The van der Waals surface area contributed by atoms with Gasteiger partial charge in [-0.2, -0.15) is 0 Å². The molecular weight excluding hydrogens is 396 g/mol. The second-order valence-corrected chi connectivity index (χ2v) is 7.79. The Balaban J connectivity index is 1.83. The standard InChI is InChI=1S/C23H28N4O4/c1-3-16(2)24-23(29)18-9-5-6-10-19(18)25-22(28)17-11-12-20(21(15-17)27(30)31)26-13-7-4-8-14-26/h5-6,9-12,15-16H,3-4,7-8,13-14H2,1-2H3,(H,24,29)(H,25,28). The van der Waals surface area contributed by atoms with Crippen molar-refractivity contribution in [2.45, 2.75) is 45.6 Å². The van der Waals surface area contributed by atoms with Crippen LogP contribution in [0.15, 0.2) is 42.5 Å². The summed E-state index contributed by atoms with van der Waals surface area (Å²) in [7, 11) is 0. The van der Waals surface area contributed by atoms with Crippen LogP contribution in [0.3, 0.4) is 0 Å². The zero-order chi connectivity index (χ0) is 22.4. The molecule has 3 rings (SSSR count). The number of piperidine rings is 1. The summed E-state index contributed by atoms with van der Waals surface area (Å²) in [5.41, 5.74) is 1.32. The van der Waals surface area contributed by atoms with E-state index in [1.165, 1.54) is 6.07 Å². The fraction of sp³-hybridized carbons (Fsp3) is 0.391. The lowest BCUT2D eigenvalue weighted by Crippen LogP contribution is -2.32. The monoisotopic (exact) mass is 424 g/mol. The number of carbonyl (C=O) groups is 2. The van der Waals surface area contributed by atoms with Crippen molar-refractivity contribution >= 4 is 28.9 Å². The molecule has 31 heavy (non-hydrogen) atoms. The Morgan fingerprint density at radius 2 is 1.81 bits per heavy atom. The summed E-state index contributed by atoms with van der Waals surface area (Å²) < 4.78 is 0. The molecule has 2 aromatic rings. The molecule has 1 atom stereocenters. The van der Waals surface area contributed by atoms with Crippen molar-refractivity contribution in [1.82, 2.24) is 5.32 Å². The molecule has 0 aliphatic carbocycles. The second-order valence-electron chi connectivity index (χ2n) is 7.79. The number of hydrogen-bond acceptors (Lipinski definition) is 5. The molecular formula is C23H28N4O4. The van der Waals surface area contributed by atoms with Crippen LogP contribution in [0.25, 0.3) is 0 Å². The molecule has 1 unspecified atom stereocenters. The van der Waals surface area contributed by atoms with E-state index in [1.54, 1.807) is 36.4 Å². The van der Waals surface area contributed by atoms with Gasteiger partial charge in [-0.25, -0.2) is 0 Å². The third-order valence-electron chi connectivity index (χ3n) is 5.54. The van der Waals surface area contributed by atoms with Gasteiger partial charge in [0.05, 0.1) is 16.2 Å². The van der Waals surface area contributed by atoms with Crippen molar-refractivity contribution in [1.29, 1.82) is 0 Å². The van der Waals surface area contributed by atoms with E-state index in [2.05, 4.69) is 10.6 Å². The minimum Gasteiger partial charge on any atom is -0.366 e. The molecule has 0 spiro atoms. The highest BCUT2D eigenvalue weighted by molar-refractivity contribution is 6.09. The van der Waals surface area contributed by atoms with E-state index in [4.69, 9.17) is 0 Å². The molecule has 2 N–H and O–H groups in total. The molecule has 1 aliphatic rings. The van der Waals surface area contributed by atoms with Crippen LogP contribution in [-0.2, 0) is 0 Å². The summed E-state index contributed by atoms with van der Waals surface area (Å²) >= 11 is 0. The van der Waals surface area contributed by atoms with Gasteiger partial charge in [-0.05, 0) is 56.9 Å². The number of benzene rings is 2. The lowest BCUT2D eigenvalue weighted by molar-refractivity contribution is -0.384. The Kier molecular flexibility index (Phi) is 7.23. The van der Waals surface area contributed by atoms with Crippen molar-refractivity contribution in [3.8, 4) is 0 Å². The van der Waals surface area contributed by atoms with Gasteiger partial charge in [0.2, 0.25) is 0 Å². The lowest BCUT2D eigenvalue weighted by Gasteiger charge is -2.28. The van der Waals surface area contributed by atoms with E-state index in [0.717, 1.165) is 38.8 Å². The zero-order valence-corrected chi connectivity index (χ0v) is 17.9. The lowest BCUT2D eigenvalue weighted by atomic mass is 10.1. The first-order valence-corrected chi connectivity index (χ1v) is 10.6. The molecule has 1 saturated heterocycles. The largest absolute Gasteiger partial charge is 0.366 e.